The highest BCUT2D eigenvalue weighted by molar-refractivity contribution is 7.13. The number of piperidine rings is 1. The number of anilines is 2. The maximum Gasteiger partial charge on any atom is 0.188 e. The van der Waals surface area contributed by atoms with Crippen molar-refractivity contribution in [2.24, 2.45) is 0 Å². The molecule has 1 atom stereocenters. The molecular weight excluding hydrogens is 258 g/mol. The van der Waals surface area contributed by atoms with E-state index in [9.17, 15) is 0 Å². The number of hydrogen-bond donors (Lipinski definition) is 2. The summed E-state index contributed by atoms with van der Waals surface area (Å²) in [6.07, 6.45) is 5.38. The van der Waals surface area contributed by atoms with Crippen LogP contribution in [0.1, 0.15) is 36.8 Å². The fourth-order valence-corrected chi connectivity index (χ4v) is 2.81. The maximum absolute atomic E-state index is 4.61. The SMILES string of the molecule is Cc1cc(Nc2nccs2)nc(C2CCCCN2)n1. The van der Waals surface area contributed by atoms with Crippen molar-refractivity contribution in [1.29, 1.82) is 0 Å². The van der Waals surface area contributed by atoms with Gasteiger partial charge in [-0.05, 0) is 26.3 Å². The van der Waals surface area contributed by atoms with Crippen LogP contribution in [0.4, 0.5) is 10.9 Å². The molecule has 0 radical (unpaired) electrons. The molecule has 1 aliphatic heterocycles. The van der Waals surface area contributed by atoms with Crippen molar-refractivity contribution < 1.29 is 0 Å². The fraction of sp³-hybridized carbons (Fsp3) is 0.462. The zero-order valence-electron chi connectivity index (χ0n) is 10.9. The van der Waals surface area contributed by atoms with Crippen molar-refractivity contribution in [2.45, 2.75) is 32.2 Å². The standard InChI is InChI=1S/C13H17N5S/c1-9-8-11(18-13-15-6-7-19-13)17-12(16-9)10-4-2-3-5-14-10/h6-8,10,14H,2-5H2,1H3,(H,15,16,17,18). The van der Waals surface area contributed by atoms with E-state index in [1.165, 1.54) is 12.8 Å². The van der Waals surface area contributed by atoms with Crippen LogP contribution >= 0.6 is 11.3 Å². The number of aryl methyl sites for hydroxylation is 1. The van der Waals surface area contributed by atoms with Crippen molar-refractivity contribution in [2.75, 3.05) is 11.9 Å². The van der Waals surface area contributed by atoms with Crippen LogP contribution in [-0.2, 0) is 0 Å². The minimum absolute atomic E-state index is 0.283. The van der Waals surface area contributed by atoms with Gasteiger partial charge in [-0.2, -0.15) is 0 Å². The van der Waals surface area contributed by atoms with Gasteiger partial charge in [0.2, 0.25) is 0 Å². The number of rotatable bonds is 3. The van der Waals surface area contributed by atoms with E-state index in [2.05, 4.69) is 25.6 Å². The maximum atomic E-state index is 4.61. The van der Waals surface area contributed by atoms with Gasteiger partial charge in [0.25, 0.3) is 0 Å². The van der Waals surface area contributed by atoms with Gasteiger partial charge in [-0.15, -0.1) is 11.3 Å². The third-order valence-electron chi connectivity index (χ3n) is 3.16. The molecule has 0 saturated carbocycles. The van der Waals surface area contributed by atoms with Gasteiger partial charge in [0.15, 0.2) is 5.13 Å². The molecule has 19 heavy (non-hydrogen) atoms. The lowest BCUT2D eigenvalue weighted by molar-refractivity contribution is 0.397. The van der Waals surface area contributed by atoms with E-state index >= 15 is 0 Å². The van der Waals surface area contributed by atoms with E-state index in [1.807, 2.05) is 18.4 Å². The predicted molar refractivity (Wildman–Crippen MR) is 76.8 cm³/mol. The van der Waals surface area contributed by atoms with Gasteiger partial charge in [-0.1, -0.05) is 6.42 Å². The molecule has 3 heterocycles. The van der Waals surface area contributed by atoms with Crippen LogP contribution in [0.2, 0.25) is 0 Å². The van der Waals surface area contributed by atoms with Gasteiger partial charge in [-0.3, -0.25) is 0 Å². The molecule has 0 amide bonds. The summed E-state index contributed by atoms with van der Waals surface area (Å²) < 4.78 is 0. The lowest BCUT2D eigenvalue weighted by Crippen LogP contribution is -2.28. The van der Waals surface area contributed by atoms with Crippen molar-refractivity contribution in [3.8, 4) is 0 Å². The van der Waals surface area contributed by atoms with Gasteiger partial charge in [0.1, 0.15) is 11.6 Å². The van der Waals surface area contributed by atoms with Gasteiger partial charge < -0.3 is 10.6 Å². The second-order valence-electron chi connectivity index (χ2n) is 4.72. The van der Waals surface area contributed by atoms with Gasteiger partial charge in [-0.25, -0.2) is 15.0 Å². The number of nitrogens with one attached hydrogen (secondary N) is 2. The molecule has 1 saturated heterocycles. The topological polar surface area (TPSA) is 62.7 Å². The first-order valence-electron chi connectivity index (χ1n) is 6.57. The van der Waals surface area contributed by atoms with E-state index in [0.29, 0.717) is 0 Å². The van der Waals surface area contributed by atoms with Crippen molar-refractivity contribution in [1.82, 2.24) is 20.3 Å². The second-order valence-corrected chi connectivity index (χ2v) is 5.61. The average Bonchev–Trinajstić information content (AvgIpc) is 2.92. The zero-order chi connectivity index (χ0) is 13.1. The average molecular weight is 275 g/mol. The molecule has 1 fully saturated rings. The van der Waals surface area contributed by atoms with E-state index in [1.54, 1.807) is 17.5 Å². The van der Waals surface area contributed by atoms with Crippen molar-refractivity contribution in [3.05, 3.63) is 29.2 Å². The van der Waals surface area contributed by atoms with Crippen LogP contribution < -0.4 is 10.6 Å². The summed E-state index contributed by atoms with van der Waals surface area (Å²) in [5, 5.41) is 9.52. The molecule has 3 rings (SSSR count). The van der Waals surface area contributed by atoms with Gasteiger partial charge in [0.05, 0.1) is 6.04 Å². The Morgan fingerprint density at radius 1 is 1.37 bits per heavy atom. The van der Waals surface area contributed by atoms with Crippen LogP contribution in [0.25, 0.3) is 0 Å². The largest absolute Gasteiger partial charge is 0.316 e. The first-order chi connectivity index (χ1) is 9.31. The van der Waals surface area contributed by atoms with Crippen LogP contribution in [0.15, 0.2) is 17.6 Å². The Labute approximate surface area is 116 Å². The van der Waals surface area contributed by atoms with Crippen molar-refractivity contribution >= 4 is 22.3 Å². The number of aromatic nitrogens is 3. The third-order valence-corrected chi connectivity index (χ3v) is 3.85. The highest BCUT2D eigenvalue weighted by Crippen LogP contribution is 2.23. The summed E-state index contributed by atoms with van der Waals surface area (Å²) in [5.74, 6) is 1.71. The minimum Gasteiger partial charge on any atom is -0.316 e. The van der Waals surface area contributed by atoms with Crippen LogP contribution in [0.3, 0.4) is 0 Å². The first-order valence-corrected chi connectivity index (χ1v) is 7.45. The summed E-state index contributed by atoms with van der Waals surface area (Å²) in [5.41, 5.74) is 0.983. The Kier molecular flexibility index (Phi) is 3.70. The highest BCUT2D eigenvalue weighted by Gasteiger charge is 2.18. The molecule has 2 aromatic rings. The summed E-state index contributed by atoms with van der Waals surface area (Å²) in [6, 6.07) is 2.23. The first kappa shape index (κ1) is 12.5. The monoisotopic (exact) mass is 275 g/mol. The Hall–Kier alpha value is -1.53. The Bertz CT molecular complexity index is 534. The molecule has 100 valence electrons. The van der Waals surface area contributed by atoms with Gasteiger partial charge in [0, 0.05) is 23.3 Å². The highest BCUT2D eigenvalue weighted by atomic mass is 32.1. The Morgan fingerprint density at radius 3 is 3.05 bits per heavy atom. The normalized spacial score (nSPS) is 19.3. The minimum atomic E-state index is 0.283. The third kappa shape index (κ3) is 3.08. The molecular formula is C13H17N5S. The molecule has 6 heteroatoms. The smallest absolute Gasteiger partial charge is 0.188 e. The van der Waals surface area contributed by atoms with Crippen molar-refractivity contribution in [3.63, 3.8) is 0 Å². The second kappa shape index (κ2) is 5.63. The fourth-order valence-electron chi connectivity index (χ4n) is 2.28. The lowest BCUT2D eigenvalue weighted by Gasteiger charge is -2.22. The molecule has 0 aliphatic carbocycles. The zero-order valence-corrected chi connectivity index (χ0v) is 11.7. The van der Waals surface area contributed by atoms with Crippen LogP contribution in [0.5, 0.6) is 0 Å². The van der Waals surface area contributed by atoms with Crippen LogP contribution in [-0.4, -0.2) is 21.5 Å². The molecule has 0 bridgehead atoms. The quantitative estimate of drug-likeness (QED) is 0.902. The van der Waals surface area contributed by atoms with E-state index < -0.39 is 0 Å². The predicted octanol–water partition coefficient (Wildman–Crippen LogP) is 2.80. The molecule has 0 aromatic carbocycles. The number of hydrogen-bond acceptors (Lipinski definition) is 6. The Balaban J connectivity index is 1.82. The van der Waals surface area contributed by atoms with E-state index in [0.717, 1.165) is 35.4 Å². The molecule has 0 spiro atoms. The van der Waals surface area contributed by atoms with Gasteiger partial charge >= 0.3 is 0 Å². The lowest BCUT2D eigenvalue weighted by atomic mass is 10.0. The molecule has 2 aromatic heterocycles. The summed E-state index contributed by atoms with van der Waals surface area (Å²) in [4.78, 5) is 13.4. The van der Waals surface area contributed by atoms with E-state index in [4.69, 9.17) is 0 Å². The summed E-state index contributed by atoms with van der Waals surface area (Å²) in [6.45, 7) is 3.05. The van der Waals surface area contributed by atoms with Crippen LogP contribution in [0, 0.1) is 6.92 Å². The Morgan fingerprint density at radius 2 is 2.32 bits per heavy atom. The summed E-state index contributed by atoms with van der Waals surface area (Å²) >= 11 is 1.57. The molecule has 1 aliphatic rings. The van der Waals surface area contributed by atoms with E-state index in [-0.39, 0.29) is 6.04 Å². The molecule has 1 unspecified atom stereocenters. The molecule has 5 nitrogen and oxygen atoms in total. The number of thiazole rings is 1. The summed E-state index contributed by atoms with van der Waals surface area (Å²) in [7, 11) is 0. The molecule has 2 N–H and O–H groups in total. The number of nitrogens with zero attached hydrogens (tertiary/aromatic N) is 3.